The van der Waals surface area contributed by atoms with E-state index in [1.54, 1.807) is 23.5 Å². The van der Waals surface area contributed by atoms with Gasteiger partial charge in [0.15, 0.2) is 0 Å². The maximum absolute atomic E-state index is 12.8. The summed E-state index contributed by atoms with van der Waals surface area (Å²) < 4.78 is 38.4. The number of hydrogen-bond donors (Lipinski definition) is 0. The van der Waals surface area contributed by atoms with Gasteiger partial charge in [-0.15, -0.1) is 11.8 Å². The van der Waals surface area contributed by atoms with Crippen molar-refractivity contribution in [2.45, 2.75) is 48.5 Å². The lowest BCUT2D eigenvalue weighted by atomic mass is 10.1. The Morgan fingerprint density at radius 2 is 1.79 bits per heavy atom. The Morgan fingerprint density at radius 3 is 2.38 bits per heavy atom. The molecule has 1 heterocycles. The summed E-state index contributed by atoms with van der Waals surface area (Å²) >= 11 is 3.38. The molecule has 2 aromatic carbocycles. The zero-order chi connectivity index (χ0) is 20.9. The predicted octanol–water partition coefficient (Wildman–Crippen LogP) is 6.79. The molecular formula is C22H21F3N2S2. The zero-order valence-electron chi connectivity index (χ0n) is 15.9. The highest BCUT2D eigenvalue weighted by Crippen LogP contribution is 2.37. The Bertz CT molecular complexity index is 884. The van der Waals surface area contributed by atoms with E-state index in [0.29, 0.717) is 5.56 Å². The molecule has 7 heteroatoms. The summed E-state index contributed by atoms with van der Waals surface area (Å²) in [4.78, 5) is 5.95. The third kappa shape index (κ3) is 5.80. The maximum atomic E-state index is 12.8. The fraction of sp³-hybridized carbons (Fsp3) is 0.364. The molecule has 2 aromatic rings. The molecule has 2 nitrogen and oxygen atoms in total. The van der Waals surface area contributed by atoms with Crippen LogP contribution in [0.4, 0.5) is 13.2 Å². The molecule has 0 radical (unpaired) electrons. The molecule has 3 rings (SSSR count). The molecule has 0 N–H and O–H groups in total. The molecule has 0 aliphatic carbocycles. The van der Waals surface area contributed by atoms with Gasteiger partial charge >= 0.3 is 6.18 Å². The third-order valence-electron chi connectivity index (χ3n) is 4.69. The van der Waals surface area contributed by atoms with Crippen LogP contribution in [-0.4, -0.2) is 22.1 Å². The number of thioether (sulfide) groups is 2. The van der Waals surface area contributed by atoms with Crippen LogP contribution in [0.15, 0.2) is 58.4 Å². The average Bonchev–Trinajstić information content (AvgIpc) is 3.13. The number of benzene rings is 2. The van der Waals surface area contributed by atoms with Gasteiger partial charge in [0.05, 0.1) is 28.3 Å². The molecule has 0 aromatic heterocycles. The largest absolute Gasteiger partial charge is 0.416 e. The first-order chi connectivity index (χ1) is 13.9. The van der Waals surface area contributed by atoms with Crippen LogP contribution < -0.4 is 0 Å². The number of aliphatic imine (C=N–C) groups is 1. The van der Waals surface area contributed by atoms with E-state index in [2.05, 4.69) is 13.0 Å². The second-order valence-electron chi connectivity index (χ2n) is 6.82. The summed E-state index contributed by atoms with van der Waals surface area (Å²) in [6, 6.07) is 15.1. The third-order valence-corrected chi connectivity index (χ3v) is 7.38. The standard InChI is InChI=1S/C22H21F3N2S2/c1-2-3-4-19-20(14-28-18-11-5-15(13-26)6-12-18)29-21(27-19)16-7-9-17(10-8-16)22(23,24)25/h5-12,19-20H,2-4,14H2,1H3. The number of nitriles is 1. The maximum Gasteiger partial charge on any atom is 0.416 e. The van der Waals surface area contributed by atoms with Crippen molar-refractivity contribution < 1.29 is 13.2 Å². The molecule has 0 spiro atoms. The Hall–Kier alpha value is -1.91. The first kappa shape index (κ1) is 21.8. The van der Waals surface area contributed by atoms with E-state index >= 15 is 0 Å². The van der Waals surface area contributed by atoms with Crippen molar-refractivity contribution in [1.82, 2.24) is 0 Å². The van der Waals surface area contributed by atoms with Crippen molar-refractivity contribution in [3.63, 3.8) is 0 Å². The Kier molecular flexibility index (Phi) is 7.31. The molecule has 0 bridgehead atoms. The Balaban J connectivity index is 1.69. The van der Waals surface area contributed by atoms with Crippen LogP contribution in [0, 0.1) is 11.3 Å². The summed E-state index contributed by atoms with van der Waals surface area (Å²) in [5.74, 6) is 0.860. The van der Waals surface area contributed by atoms with E-state index in [1.165, 1.54) is 12.1 Å². The second-order valence-corrected chi connectivity index (χ2v) is 9.14. The molecule has 1 aliphatic heterocycles. The number of halogens is 3. The molecule has 0 amide bonds. The molecule has 0 saturated heterocycles. The molecule has 2 unspecified atom stereocenters. The average molecular weight is 435 g/mol. The van der Waals surface area contributed by atoms with Crippen molar-refractivity contribution in [3.8, 4) is 6.07 Å². The van der Waals surface area contributed by atoms with Gasteiger partial charge < -0.3 is 0 Å². The van der Waals surface area contributed by atoms with Gasteiger partial charge in [-0.2, -0.15) is 18.4 Å². The molecule has 0 fully saturated rings. The minimum atomic E-state index is -4.33. The Morgan fingerprint density at radius 1 is 1.10 bits per heavy atom. The highest BCUT2D eigenvalue weighted by molar-refractivity contribution is 8.16. The van der Waals surface area contributed by atoms with Crippen LogP contribution in [-0.2, 0) is 6.18 Å². The van der Waals surface area contributed by atoms with Crippen LogP contribution in [0.2, 0.25) is 0 Å². The van der Waals surface area contributed by atoms with Gasteiger partial charge in [0.25, 0.3) is 0 Å². The van der Waals surface area contributed by atoms with Crippen molar-refractivity contribution in [2.75, 3.05) is 5.75 Å². The number of unbranched alkanes of at least 4 members (excludes halogenated alkanes) is 1. The predicted molar refractivity (Wildman–Crippen MR) is 115 cm³/mol. The lowest BCUT2D eigenvalue weighted by Gasteiger charge is -2.16. The van der Waals surface area contributed by atoms with Gasteiger partial charge in [-0.25, -0.2) is 0 Å². The fourth-order valence-electron chi connectivity index (χ4n) is 3.04. The quantitative estimate of drug-likeness (QED) is 0.450. The molecule has 1 aliphatic rings. The Labute approximate surface area is 177 Å². The fourth-order valence-corrected chi connectivity index (χ4v) is 5.54. The van der Waals surface area contributed by atoms with Gasteiger partial charge in [-0.05, 0) is 42.8 Å². The second kappa shape index (κ2) is 9.73. The summed E-state index contributed by atoms with van der Waals surface area (Å²) in [5, 5.41) is 10.0. The van der Waals surface area contributed by atoms with Crippen molar-refractivity contribution >= 4 is 28.6 Å². The first-order valence-corrected chi connectivity index (χ1v) is 11.3. The van der Waals surface area contributed by atoms with E-state index in [0.717, 1.165) is 52.7 Å². The summed E-state index contributed by atoms with van der Waals surface area (Å²) in [7, 11) is 0. The van der Waals surface area contributed by atoms with E-state index < -0.39 is 11.7 Å². The van der Waals surface area contributed by atoms with Crippen molar-refractivity contribution in [2.24, 2.45) is 4.99 Å². The zero-order valence-corrected chi connectivity index (χ0v) is 17.6. The summed E-state index contributed by atoms with van der Waals surface area (Å²) in [5.41, 5.74) is 0.744. The van der Waals surface area contributed by atoms with E-state index in [1.807, 2.05) is 24.3 Å². The number of alkyl halides is 3. The number of hydrogen-bond acceptors (Lipinski definition) is 4. The van der Waals surface area contributed by atoms with Crippen LogP contribution in [0.5, 0.6) is 0 Å². The minimum Gasteiger partial charge on any atom is -0.273 e. The SMILES string of the molecule is CCCCC1N=C(c2ccc(C(F)(F)F)cc2)SC1CSc1ccc(C#N)cc1. The van der Waals surface area contributed by atoms with Gasteiger partial charge in [0.2, 0.25) is 0 Å². The van der Waals surface area contributed by atoms with Crippen molar-refractivity contribution in [3.05, 3.63) is 65.2 Å². The highest BCUT2D eigenvalue weighted by Gasteiger charge is 2.32. The van der Waals surface area contributed by atoms with Gasteiger partial charge in [0, 0.05) is 21.5 Å². The van der Waals surface area contributed by atoms with Crippen molar-refractivity contribution in [1.29, 1.82) is 5.26 Å². The molecule has 152 valence electrons. The minimum absolute atomic E-state index is 0.170. The van der Waals surface area contributed by atoms with Gasteiger partial charge in [-0.1, -0.05) is 43.7 Å². The summed E-state index contributed by atoms with van der Waals surface area (Å²) in [6.45, 7) is 2.14. The lowest BCUT2D eigenvalue weighted by molar-refractivity contribution is -0.137. The molecular weight excluding hydrogens is 413 g/mol. The van der Waals surface area contributed by atoms with Gasteiger partial charge in [0.1, 0.15) is 0 Å². The summed E-state index contributed by atoms with van der Waals surface area (Å²) in [6.07, 6.45) is -1.19. The number of nitrogens with zero attached hydrogens (tertiary/aromatic N) is 2. The van der Waals surface area contributed by atoms with Crippen LogP contribution in [0.25, 0.3) is 0 Å². The van der Waals surface area contributed by atoms with Crippen LogP contribution in [0.1, 0.15) is 42.9 Å². The van der Waals surface area contributed by atoms with E-state index in [9.17, 15) is 13.2 Å². The lowest BCUT2D eigenvalue weighted by Crippen LogP contribution is -2.19. The van der Waals surface area contributed by atoms with Gasteiger partial charge in [-0.3, -0.25) is 4.99 Å². The van der Waals surface area contributed by atoms with Crippen LogP contribution >= 0.6 is 23.5 Å². The first-order valence-electron chi connectivity index (χ1n) is 9.45. The monoisotopic (exact) mass is 434 g/mol. The number of rotatable bonds is 7. The highest BCUT2D eigenvalue weighted by atomic mass is 32.2. The van der Waals surface area contributed by atoms with E-state index in [4.69, 9.17) is 10.3 Å². The van der Waals surface area contributed by atoms with E-state index in [-0.39, 0.29) is 11.3 Å². The molecule has 29 heavy (non-hydrogen) atoms. The molecule has 0 saturated carbocycles. The molecule has 2 atom stereocenters. The normalized spacial score (nSPS) is 19.1. The van der Waals surface area contributed by atoms with Crippen LogP contribution in [0.3, 0.4) is 0 Å². The smallest absolute Gasteiger partial charge is 0.273 e. The topological polar surface area (TPSA) is 36.1 Å².